The Hall–Kier alpha value is -1.88. The summed E-state index contributed by atoms with van der Waals surface area (Å²) in [6.07, 6.45) is 2.92. The second-order valence-electron chi connectivity index (χ2n) is 4.78. The molecule has 2 rings (SSSR count). The number of hydrogen-bond donors (Lipinski definition) is 2. The van der Waals surface area contributed by atoms with Gasteiger partial charge in [0, 0.05) is 16.8 Å². The highest BCUT2D eigenvalue weighted by Gasteiger charge is 2.01. The summed E-state index contributed by atoms with van der Waals surface area (Å²) in [7, 11) is 0. The Bertz CT molecular complexity index is 596. The van der Waals surface area contributed by atoms with Gasteiger partial charge >= 0.3 is 0 Å². The number of aromatic nitrogens is 1. The summed E-state index contributed by atoms with van der Waals surface area (Å²) in [6.45, 7) is 6.77. The van der Waals surface area contributed by atoms with E-state index in [1.165, 1.54) is 16.0 Å². The molecule has 0 radical (unpaired) electrons. The van der Waals surface area contributed by atoms with Crippen LogP contribution in [0.25, 0.3) is 0 Å². The Balaban J connectivity index is 1.99. The zero-order chi connectivity index (χ0) is 14.5. The molecule has 0 saturated heterocycles. The summed E-state index contributed by atoms with van der Waals surface area (Å²) in [5.41, 5.74) is 9.28. The van der Waals surface area contributed by atoms with Crippen LogP contribution >= 0.6 is 11.3 Å². The van der Waals surface area contributed by atoms with Crippen molar-refractivity contribution < 1.29 is 0 Å². The minimum atomic E-state index is 0.420. The van der Waals surface area contributed by atoms with E-state index in [0.717, 1.165) is 17.1 Å². The quantitative estimate of drug-likeness (QED) is 0.670. The fraction of sp³-hybridized carbons (Fsp3) is 0.333. The van der Waals surface area contributed by atoms with E-state index < -0.39 is 0 Å². The van der Waals surface area contributed by atoms with Crippen molar-refractivity contribution in [3.05, 3.63) is 45.4 Å². The topological polar surface area (TPSA) is 63.3 Å². The minimum absolute atomic E-state index is 0.420. The number of aliphatic imine (C=N–C) groups is 1. The molecule has 0 amide bonds. The summed E-state index contributed by atoms with van der Waals surface area (Å²) in [6, 6.07) is 6.22. The molecule has 3 N–H and O–H groups in total. The van der Waals surface area contributed by atoms with Crippen molar-refractivity contribution in [1.82, 2.24) is 4.98 Å². The van der Waals surface area contributed by atoms with Crippen LogP contribution in [-0.2, 0) is 13.0 Å². The Morgan fingerprint density at radius 3 is 2.60 bits per heavy atom. The maximum absolute atomic E-state index is 5.91. The van der Waals surface area contributed by atoms with Crippen LogP contribution in [0, 0.1) is 13.8 Å². The lowest BCUT2D eigenvalue weighted by atomic mass is 10.1. The molecule has 0 bridgehead atoms. The summed E-state index contributed by atoms with van der Waals surface area (Å²) < 4.78 is 0. The molecule has 106 valence electrons. The number of benzene rings is 1. The largest absolute Gasteiger partial charge is 0.370 e. The van der Waals surface area contributed by atoms with Gasteiger partial charge in [0.05, 0.1) is 6.54 Å². The smallest absolute Gasteiger partial charge is 0.193 e. The molecule has 1 aromatic heterocycles. The van der Waals surface area contributed by atoms with Gasteiger partial charge in [-0.2, -0.15) is 0 Å². The SMILES string of the molecule is CCc1cnc(CN=C(N)Nc2cc(C)cc(C)c2)s1. The molecule has 0 spiro atoms. The van der Waals surface area contributed by atoms with Crippen LogP contribution in [0.15, 0.2) is 29.4 Å². The van der Waals surface area contributed by atoms with Crippen LogP contribution in [0.2, 0.25) is 0 Å². The number of nitrogens with one attached hydrogen (secondary N) is 1. The molecule has 5 heteroatoms. The predicted molar refractivity (Wildman–Crippen MR) is 86.4 cm³/mol. The first-order valence-electron chi connectivity index (χ1n) is 6.65. The number of guanidine groups is 1. The van der Waals surface area contributed by atoms with Crippen molar-refractivity contribution >= 4 is 23.0 Å². The van der Waals surface area contributed by atoms with E-state index >= 15 is 0 Å². The van der Waals surface area contributed by atoms with E-state index in [4.69, 9.17) is 5.73 Å². The molecule has 0 aliphatic heterocycles. The standard InChI is InChI=1S/C15H20N4S/c1-4-13-8-17-14(20-13)9-18-15(16)19-12-6-10(2)5-11(3)7-12/h5-8H,4,9H2,1-3H3,(H3,16,18,19). The first-order chi connectivity index (χ1) is 9.56. The monoisotopic (exact) mass is 288 g/mol. The van der Waals surface area contributed by atoms with Crippen LogP contribution in [0.4, 0.5) is 5.69 Å². The van der Waals surface area contributed by atoms with E-state index in [1.807, 2.05) is 18.3 Å². The molecular formula is C15H20N4S. The Morgan fingerprint density at radius 2 is 2.00 bits per heavy atom. The van der Waals surface area contributed by atoms with Crippen molar-refractivity contribution in [1.29, 1.82) is 0 Å². The number of rotatable bonds is 4. The number of anilines is 1. The van der Waals surface area contributed by atoms with E-state index in [9.17, 15) is 0 Å². The van der Waals surface area contributed by atoms with E-state index in [1.54, 1.807) is 11.3 Å². The molecule has 20 heavy (non-hydrogen) atoms. The third-order valence-electron chi connectivity index (χ3n) is 2.83. The first-order valence-corrected chi connectivity index (χ1v) is 7.47. The lowest BCUT2D eigenvalue weighted by molar-refractivity contribution is 1.03. The molecule has 0 fully saturated rings. The van der Waals surface area contributed by atoms with Crippen molar-refractivity contribution in [2.45, 2.75) is 33.7 Å². The number of nitrogens with zero attached hydrogens (tertiary/aromatic N) is 2. The molecule has 0 aliphatic carbocycles. The van der Waals surface area contributed by atoms with Gasteiger partial charge < -0.3 is 11.1 Å². The third-order valence-corrected chi connectivity index (χ3v) is 3.96. The average molecular weight is 288 g/mol. The van der Waals surface area contributed by atoms with Crippen molar-refractivity contribution in [2.24, 2.45) is 10.7 Å². The molecule has 4 nitrogen and oxygen atoms in total. The molecule has 0 aliphatic rings. The average Bonchev–Trinajstić information content (AvgIpc) is 2.83. The van der Waals surface area contributed by atoms with Gasteiger partial charge in [-0.3, -0.25) is 0 Å². The first kappa shape index (κ1) is 14.5. The van der Waals surface area contributed by atoms with E-state index in [-0.39, 0.29) is 0 Å². The van der Waals surface area contributed by atoms with Gasteiger partial charge in [0.25, 0.3) is 0 Å². The van der Waals surface area contributed by atoms with Gasteiger partial charge in [0.2, 0.25) is 0 Å². The van der Waals surface area contributed by atoms with Gasteiger partial charge in [0.1, 0.15) is 5.01 Å². The lowest BCUT2D eigenvalue weighted by Gasteiger charge is -2.07. The third kappa shape index (κ3) is 4.06. The van der Waals surface area contributed by atoms with Crippen LogP contribution < -0.4 is 11.1 Å². The van der Waals surface area contributed by atoms with Crippen LogP contribution in [0.3, 0.4) is 0 Å². The van der Waals surface area contributed by atoms with Crippen LogP contribution in [-0.4, -0.2) is 10.9 Å². The second kappa shape index (κ2) is 6.52. The zero-order valence-electron chi connectivity index (χ0n) is 12.1. The van der Waals surface area contributed by atoms with Gasteiger partial charge in [-0.1, -0.05) is 13.0 Å². The highest BCUT2D eigenvalue weighted by Crippen LogP contribution is 2.15. The fourth-order valence-corrected chi connectivity index (χ4v) is 2.76. The highest BCUT2D eigenvalue weighted by atomic mass is 32.1. The van der Waals surface area contributed by atoms with Crippen LogP contribution in [0.5, 0.6) is 0 Å². The molecular weight excluding hydrogens is 268 g/mol. The zero-order valence-corrected chi connectivity index (χ0v) is 12.9. The molecule has 0 unspecified atom stereocenters. The minimum Gasteiger partial charge on any atom is -0.370 e. The Morgan fingerprint density at radius 1 is 1.30 bits per heavy atom. The van der Waals surface area contributed by atoms with Crippen molar-refractivity contribution in [3.8, 4) is 0 Å². The number of aryl methyl sites for hydroxylation is 3. The van der Waals surface area contributed by atoms with Gasteiger partial charge in [-0.25, -0.2) is 9.98 Å². The Labute approximate surface area is 123 Å². The fourth-order valence-electron chi connectivity index (χ4n) is 1.97. The van der Waals surface area contributed by atoms with Gasteiger partial charge in [-0.05, 0) is 43.5 Å². The van der Waals surface area contributed by atoms with Gasteiger partial charge in [0.15, 0.2) is 5.96 Å². The number of hydrogen-bond acceptors (Lipinski definition) is 3. The maximum Gasteiger partial charge on any atom is 0.193 e. The highest BCUT2D eigenvalue weighted by molar-refractivity contribution is 7.11. The van der Waals surface area contributed by atoms with E-state index in [2.05, 4.69) is 42.1 Å². The molecule has 0 saturated carbocycles. The summed E-state index contributed by atoms with van der Waals surface area (Å²) in [5, 5.41) is 4.11. The lowest BCUT2D eigenvalue weighted by Crippen LogP contribution is -2.22. The summed E-state index contributed by atoms with van der Waals surface area (Å²) in [4.78, 5) is 9.92. The number of thiazole rings is 1. The van der Waals surface area contributed by atoms with Crippen molar-refractivity contribution in [2.75, 3.05) is 5.32 Å². The van der Waals surface area contributed by atoms with Crippen molar-refractivity contribution in [3.63, 3.8) is 0 Å². The predicted octanol–water partition coefficient (Wildman–Crippen LogP) is 3.25. The molecule has 1 heterocycles. The molecule has 1 aromatic carbocycles. The van der Waals surface area contributed by atoms with Crippen LogP contribution in [0.1, 0.15) is 27.9 Å². The normalized spacial score (nSPS) is 11.7. The Kier molecular flexibility index (Phi) is 4.74. The van der Waals surface area contributed by atoms with Gasteiger partial charge in [-0.15, -0.1) is 11.3 Å². The van der Waals surface area contributed by atoms with E-state index in [0.29, 0.717) is 12.5 Å². The second-order valence-corrected chi connectivity index (χ2v) is 5.98. The maximum atomic E-state index is 5.91. The molecule has 0 atom stereocenters. The number of nitrogens with two attached hydrogens (primary N) is 1. The summed E-state index contributed by atoms with van der Waals surface area (Å²) in [5.74, 6) is 0.420. The molecule has 2 aromatic rings. The summed E-state index contributed by atoms with van der Waals surface area (Å²) >= 11 is 1.68.